The molecule has 0 radical (unpaired) electrons. The molecule has 1 aliphatic heterocycles. The highest BCUT2D eigenvalue weighted by molar-refractivity contribution is 14.0. The van der Waals surface area contributed by atoms with Crippen LogP contribution in [0.15, 0.2) is 34.2 Å². The van der Waals surface area contributed by atoms with Crippen LogP contribution in [0.2, 0.25) is 0 Å². The molecule has 0 aliphatic carbocycles. The molecule has 0 atom stereocenters. The van der Waals surface area contributed by atoms with E-state index in [1.165, 1.54) is 10.5 Å². The highest BCUT2D eigenvalue weighted by Crippen LogP contribution is 2.17. The molecule has 20 heavy (non-hydrogen) atoms. The summed E-state index contributed by atoms with van der Waals surface area (Å²) in [6, 6.07) is 8.56. The topological polar surface area (TPSA) is 50.8 Å². The van der Waals surface area contributed by atoms with E-state index in [9.17, 15) is 0 Å². The Morgan fingerprint density at radius 1 is 1.30 bits per heavy atom. The van der Waals surface area contributed by atoms with Crippen LogP contribution in [0.1, 0.15) is 5.56 Å². The Labute approximate surface area is 142 Å². The van der Waals surface area contributed by atoms with Gasteiger partial charge in [0.05, 0.1) is 19.8 Å². The number of morpholine rings is 1. The number of hydrogen-bond donors (Lipinski definition) is 1. The number of nitrogens with two attached hydrogens (primary N) is 1. The van der Waals surface area contributed by atoms with Gasteiger partial charge in [-0.25, -0.2) is 0 Å². The van der Waals surface area contributed by atoms with Gasteiger partial charge in [0.2, 0.25) is 0 Å². The smallest absolute Gasteiger partial charge is 0.191 e. The van der Waals surface area contributed by atoms with Crippen molar-refractivity contribution < 1.29 is 4.74 Å². The average molecular weight is 407 g/mol. The van der Waals surface area contributed by atoms with Crippen LogP contribution in [-0.4, -0.2) is 49.5 Å². The summed E-state index contributed by atoms with van der Waals surface area (Å²) in [6.07, 6.45) is 0. The number of halogens is 1. The van der Waals surface area contributed by atoms with Crippen molar-refractivity contribution in [1.82, 2.24) is 4.90 Å². The maximum atomic E-state index is 5.96. The molecule has 112 valence electrons. The zero-order valence-corrected chi connectivity index (χ0v) is 14.9. The van der Waals surface area contributed by atoms with Gasteiger partial charge in [-0.15, -0.1) is 35.7 Å². The lowest BCUT2D eigenvalue weighted by molar-refractivity contribution is 0.0674. The third kappa shape index (κ3) is 5.88. The first-order valence-corrected chi connectivity index (χ1v) is 7.56. The predicted octanol–water partition coefficient (Wildman–Crippen LogP) is 2.35. The fourth-order valence-electron chi connectivity index (χ4n) is 1.85. The molecule has 1 fully saturated rings. The van der Waals surface area contributed by atoms with E-state index in [0.29, 0.717) is 5.96 Å². The Morgan fingerprint density at radius 3 is 2.60 bits per heavy atom. The number of hydrogen-bond acceptors (Lipinski definition) is 3. The molecule has 1 heterocycles. The molecular formula is C14H22IN3OS. The maximum absolute atomic E-state index is 5.96. The van der Waals surface area contributed by atoms with Crippen molar-refractivity contribution in [3.05, 3.63) is 29.8 Å². The van der Waals surface area contributed by atoms with E-state index in [1.54, 1.807) is 0 Å². The number of thioether (sulfide) groups is 1. The second-order valence-electron chi connectivity index (χ2n) is 4.50. The molecular weight excluding hydrogens is 385 g/mol. The Morgan fingerprint density at radius 2 is 1.95 bits per heavy atom. The van der Waals surface area contributed by atoms with Crippen LogP contribution in [0.25, 0.3) is 0 Å². The zero-order valence-electron chi connectivity index (χ0n) is 11.7. The monoisotopic (exact) mass is 407 g/mol. The molecule has 2 N–H and O–H groups in total. The summed E-state index contributed by atoms with van der Waals surface area (Å²) >= 11 is 1.81. The van der Waals surface area contributed by atoms with Crippen molar-refractivity contribution in [2.45, 2.75) is 11.8 Å². The molecule has 0 bridgehead atoms. The van der Waals surface area contributed by atoms with Crippen molar-refractivity contribution in [1.29, 1.82) is 0 Å². The van der Waals surface area contributed by atoms with Crippen LogP contribution in [0, 0.1) is 6.92 Å². The number of rotatable bonds is 4. The number of benzene rings is 1. The van der Waals surface area contributed by atoms with Gasteiger partial charge >= 0.3 is 0 Å². The number of nitrogens with zero attached hydrogens (tertiary/aromatic N) is 2. The number of guanidine groups is 1. The molecule has 0 saturated carbocycles. The third-order valence-electron chi connectivity index (χ3n) is 2.99. The SMILES string of the molecule is Cc1ccc(SCCN=C(N)N2CCOCC2)cc1.I. The molecule has 2 rings (SSSR count). The van der Waals surface area contributed by atoms with Crippen LogP contribution in [0.5, 0.6) is 0 Å². The Balaban J connectivity index is 0.00000200. The van der Waals surface area contributed by atoms with Gasteiger partial charge in [-0.3, -0.25) is 4.99 Å². The average Bonchev–Trinajstić information content (AvgIpc) is 2.46. The van der Waals surface area contributed by atoms with Gasteiger partial charge < -0.3 is 15.4 Å². The molecule has 1 aromatic rings. The molecule has 1 aliphatic rings. The first-order valence-electron chi connectivity index (χ1n) is 6.58. The van der Waals surface area contributed by atoms with Gasteiger partial charge in [0, 0.05) is 23.7 Å². The molecule has 0 unspecified atom stereocenters. The minimum Gasteiger partial charge on any atom is -0.378 e. The van der Waals surface area contributed by atoms with E-state index >= 15 is 0 Å². The lowest BCUT2D eigenvalue weighted by atomic mass is 10.2. The first-order chi connectivity index (χ1) is 9.25. The molecule has 4 nitrogen and oxygen atoms in total. The largest absolute Gasteiger partial charge is 0.378 e. The molecule has 1 saturated heterocycles. The van der Waals surface area contributed by atoms with Gasteiger partial charge in [0.15, 0.2) is 5.96 Å². The molecule has 1 aromatic carbocycles. The highest BCUT2D eigenvalue weighted by Gasteiger charge is 2.11. The Kier molecular flexibility index (Phi) is 8.32. The number of aryl methyl sites for hydroxylation is 1. The van der Waals surface area contributed by atoms with Gasteiger partial charge in [0.25, 0.3) is 0 Å². The molecule has 6 heteroatoms. The summed E-state index contributed by atoms with van der Waals surface area (Å²) in [5.74, 6) is 1.60. The summed E-state index contributed by atoms with van der Waals surface area (Å²) < 4.78 is 5.29. The quantitative estimate of drug-likeness (QED) is 0.274. The van der Waals surface area contributed by atoms with Gasteiger partial charge in [-0.2, -0.15) is 0 Å². The molecule has 0 aromatic heterocycles. The normalized spacial score (nSPS) is 15.8. The van der Waals surface area contributed by atoms with Crippen molar-refractivity contribution in [3.8, 4) is 0 Å². The minimum absolute atomic E-state index is 0. The van der Waals surface area contributed by atoms with Crippen LogP contribution in [-0.2, 0) is 4.74 Å². The summed E-state index contributed by atoms with van der Waals surface area (Å²) in [7, 11) is 0. The van der Waals surface area contributed by atoms with Crippen molar-refractivity contribution >= 4 is 41.7 Å². The lowest BCUT2D eigenvalue weighted by Crippen LogP contribution is -2.44. The fraction of sp³-hybridized carbons (Fsp3) is 0.500. The van der Waals surface area contributed by atoms with Crippen LogP contribution >= 0.6 is 35.7 Å². The van der Waals surface area contributed by atoms with E-state index in [-0.39, 0.29) is 24.0 Å². The summed E-state index contributed by atoms with van der Waals surface area (Å²) in [6.45, 7) is 6.03. The van der Waals surface area contributed by atoms with Gasteiger partial charge in [0.1, 0.15) is 0 Å². The van der Waals surface area contributed by atoms with Gasteiger partial charge in [-0.05, 0) is 19.1 Å². The van der Waals surface area contributed by atoms with Crippen molar-refractivity contribution in [2.75, 3.05) is 38.6 Å². The van der Waals surface area contributed by atoms with Crippen molar-refractivity contribution in [2.24, 2.45) is 10.7 Å². The second-order valence-corrected chi connectivity index (χ2v) is 5.67. The van der Waals surface area contributed by atoms with Gasteiger partial charge in [-0.1, -0.05) is 17.7 Å². The lowest BCUT2D eigenvalue weighted by Gasteiger charge is -2.27. The molecule has 0 amide bonds. The van der Waals surface area contributed by atoms with E-state index < -0.39 is 0 Å². The predicted molar refractivity (Wildman–Crippen MR) is 96.2 cm³/mol. The highest BCUT2D eigenvalue weighted by atomic mass is 127. The second kappa shape index (κ2) is 9.46. The third-order valence-corrected chi connectivity index (χ3v) is 3.98. The van der Waals surface area contributed by atoms with Crippen LogP contribution < -0.4 is 5.73 Å². The van der Waals surface area contributed by atoms with Crippen molar-refractivity contribution in [3.63, 3.8) is 0 Å². The number of ether oxygens (including phenoxy) is 1. The van der Waals surface area contributed by atoms with Crippen LogP contribution in [0.3, 0.4) is 0 Å². The zero-order chi connectivity index (χ0) is 13.5. The fourth-order valence-corrected chi connectivity index (χ4v) is 2.60. The summed E-state index contributed by atoms with van der Waals surface area (Å²) in [5, 5.41) is 0. The van der Waals surface area contributed by atoms with E-state index in [4.69, 9.17) is 10.5 Å². The first kappa shape index (κ1) is 17.6. The Bertz CT molecular complexity index is 419. The Hall–Kier alpha value is -0.470. The van der Waals surface area contributed by atoms with E-state index in [2.05, 4.69) is 41.1 Å². The summed E-state index contributed by atoms with van der Waals surface area (Å²) in [5.41, 5.74) is 7.25. The number of aliphatic imine (C=N–C) groups is 1. The van der Waals surface area contributed by atoms with E-state index in [1.807, 2.05) is 11.8 Å². The van der Waals surface area contributed by atoms with E-state index in [0.717, 1.165) is 38.6 Å². The van der Waals surface area contributed by atoms with Crippen LogP contribution in [0.4, 0.5) is 0 Å². The standard InChI is InChI=1S/C14H21N3OS.HI/c1-12-2-4-13(5-3-12)19-11-6-16-14(15)17-7-9-18-10-8-17;/h2-5H,6-11H2,1H3,(H2,15,16);1H. The molecule has 0 spiro atoms. The minimum atomic E-state index is 0. The maximum Gasteiger partial charge on any atom is 0.191 e. The summed E-state index contributed by atoms with van der Waals surface area (Å²) in [4.78, 5) is 7.79.